The fourth-order valence-corrected chi connectivity index (χ4v) is 3.57. The predicted octanol–water partition coefficient (Wildman–Crippen LogP) is 5.00. The fourth-order valence-electron chi connectivity index (χ4n) is 3.41. The molecule has 0 atom stereocenters. The first-order chi connectivity index (χ1) is 13.4. The van der Waals surface area contributed by atoms with E-state index in [-0.39, 0.29) is 5.75 Å². The van der Waals surface area contributed by atoms with Gasteiger partial charge in [0.25, 0.3) is 0 Å². The molecule has 7 heteroatoms. The lowest BCUT2D eigenvalue weighted by molar-refractivity contribution is -0.0498. The summed E-state index contributed by atoms with van der Waals surface area (Å²) in [7, 11) is 0. The van der Waals surface area contributed by atoms with Crippen molar-refractivity contribution >= 4 is 39.3 Å². The number of hydrogen-bond acceptors (Lipinski definition) is 2. The Morgan fingerprint density at radius 2 is 1.96 bits per heavy atom. The molecular formula is C21H14ClF2N2O2. The summed E-state index contributed by atoms with van der Waals surface area (Å²) in [4.78, 5) is 11.9. The highest BCUT2D eigenvalue weighted by atomic mass is 35.5. The van der Waals surface area contributed by atoms with Crippen molar-refractivity contribution in [1.29, 1.82) is 0 Å². The van der Waals surface area contributed by atoms with Gasteiger partial charge in [0.1, 0.15) is 5.75 Å². The molecule has 0 spiro atoms. The second-order valence-corrected chi connectivity index (χ2v) is 6.69. The van der Waals surface area contributed by atoms with E-state index in [1.54, 1.807) is 36.4 Å². The number of carbonyl (C=O) groups excluding carboxylic acids is 1. The highest BCUT2D eigenvalue weighted by molar-refractivity contribution is 6.31. The second-order valence-electron chi connectivity index (χ2n) is 6.25. The highest BCUT2D eigenvalue weighted by Gasteiger charge is 2.17. The minimum absolute atomic E-state index is 0.0793. The van der Waals surface area contributed by atoms with Gasteiger partial charge >= 0.3 is 6.61 Å². The summed E-state index contributed by atoms with van der Waals surface area (Å²) in [5.74, 6) is -0.462. The first-order valence-corrected chi connectivity index (χ1v) is 8.77. The lowest BCUT2D eigenvalue weighted by atomic mass is 10.1. The molecule has 0 aliphatic carbocycles. The number of rotatable bonds is 5. The van der Waals surface area contributed by atoms with Crippen LogP contribution in [0.2, 0.25) is 5.02 Å². The number of halogens is 3. The molecule has 0 aliphatic rings. The minimum atomic E-state index is -2.89. The normalized spacial score (nSPS) is 11.4. The summed E-state index contributed by atoms with van der Waals surface area (Å²) in [5, 5.41) is 1.89. The molecule has 3 aromatic carbocycles. The van der Waals surface area contributed by atoms with Crippen LogP contribution in [0.5, 0.6) is 5.75 Å². The summed E-state index contributed by atoms with van der Waals surface area (Å²) >= 11 is 6.17. The Bertz CT molecular complexity index is 1200. The first kappa shape index (κ1) is 18.3. The van der Waals surface area contributed by atoms with Crippen LogP contribution in [0.15, 0.2) is 54.6 Å². The van der Waals surface area contributed by atoms with E-state index < -0.39 is 12.5 Å². The molecule has 1 radical (unpaired) electrons. The number of alkyl halides is 2. The number of benzene rings is 3. The number of hydrogen-bond donors (Lipinski definition) is 1. The Morgan fingerprint density at radius 3 is 2.71 bits per heavy atom. The van der Waals surface area contributed by atoms with Gasteiger partial charge in [0.15, 0.2) is 0 Å². The maximum absolute atomic E-state index is 12.5. The molecule has 4 rings (SSSR count). The number of nitrogens with zero attached hydrogens (tertiary/aromatic N) is 1. The van der Waals surface area contributed by atoms with E-state index in [4.69, 9.17) is 17.3 Å². The average Bonchev–Trinajstić information content (AvgIpc) is 2.94. The molecule has 0 fully saturated rings. The molecule has 0 bridgehead atoms. The van der Waals surface area contributed by atoms with E-state index in [9.17, 15) is 13.6 Å². The van der Waals surface area contributed by atoms with Gasteiger partial charge in [0, 0.05) is 27.9 Å². The van der Waals surface area contributed by atoms with Crippen LogP contribution in [0.4, 0.5) is 8.78 Å². The minimum Gasteiger partial charge on any atom is -0.435 e. The van der Waals surface area contributed by atoms with Crippen LogP contribution in [0.1, 0.15) is 15.9 Å². The summed E-state index contributed by atoms with van der Waals surface area (Å²) in [6.45, 7) is -2.54. The Morgan fingerprint density at radius 1 is 1.18 bits per heavy atom. The van der Waals surface area contributed by atoms with Crippen molar-refractivity contribution in [1.82, 2.24) is 4.57 Å². The number of fused-ring (bicyclic) bond motifs is 3. The molecule has 0 unspecified atom stereocenters. The van der Waals surface area contributed by atoms with Gasteiger partial charge in [0.2, 0.25) is 5.91 Å². The van der Waals surface area contributed by atoms with Gasteiger partial charge in [-0.2, -0.15) is 8.78 Å². The molecular weight excluding hydrogens is 386 g/mol. The van der Waals surface area contributed by atoms with Crippen LogP contribution in [-0.2, 0) is 6.54 Å². The molecule has 28 heavy (non-hydrogen) atoms. The molecule has 4 aromatic rings. The van der Waals surface area contributed by atoms with Crippen molar-refractivity contribution in [2.24, 2.45) is 5.73 Å². The molecule has 0 saturated carbocycles. The number of aromatic nitrogens is 1. The van der Waals surface area contributed by atoms with Crippen LogP contribution < -0.4 is 10.5 Å². The van der Waals surface area contributed by atoms with Gasteiger partial charge in [-0.3, -0.25) is 4.79 Å². The van der Waals surface area contributed by atoms with Gasteiger partial charge in [-0.05, 0) is 48.0 Å². The number of amides is 1. The van der Waals surface area contributed by atoms with Gasteiger partial charge in [-0.25, -0.2) is 0 Å². The van der Waals surface area contributed by atoms with Crippen molar-refractivity contribution in [3.8, 4) is 5.75 Å². The molecule has 1 heterocycles. The molecule has 0 saturated heterocycles. The van der Waals surface area contributed by atoms with Crippen LogP contribution in [0.3, 0.4) is 0 Å². The summed E-state index contributed by atoms with van der Waals surface area (Å²) in [6, 6.07) is 18.3. The van der Waals surface area contributed by atoms with Crippen LogP contribution >= 0.6 is 11.6 Å². The lowest BCUT2D eigenvalue weighted by Crippen LogP contribution is -2.11. The number of nitrogens with two attached hydrogens (primary N) is 1. The van der Waals surface area contributed by atoms with Crippen LogP contribution in [0.25, 0.3) is 21.8 Å². The van der Waals surface area contributed by atoms with Gasteiger partial charge in [0.05, 0.1) is 11.0 Å². The van der Waals surface area contributed by atoms with Gasteiger partial charge < -0.3 is 15.0 Å². The zero-order valence-electron chi connectivity index (χ0n) is 14.5. The Balaban J connectivity index is 1.92. The zero-order chi connectivity index (χ0) is 19.8. The lowest BCUT2D eigenvalue weighted by Gasteiger charge is -2.10. The second kappa shape index (κ2) is 7.13. The number of primary amides is 1. The third-order valence-corrected chi connectivity index (χ3v) is 4.71. The van der Waals surface area contributed by atoms with Crippen LogP contribution in [0, 0.1) is 6.07 Å². The molecule has 4 nitrogen and oxygen atoms in total. The average molecular weight is 400 g/mol. The third-order valence-electron chi connectivity index (χ3n) is 4.49. The molecule has 141 valence electrons. The first-order valence-electron chi connectivity index (χ1n) is 8.40. The third kappa shape index (κ3) is 3.27. The van der Waals surface area contributed by atoms with Crippen molar-refractivity contribution < 1.29 is 18.3 Å². The van der Waals surface area contributed by atoms with E-state index in [0.29, 0.717) is 27.9 Å². The topological polar surface area (TPSA) is 57.2 Å². The zero-order valence-corrected chi connectivity index (χ0v) is 15.2. The van der Waals surface area contributed by atoms with Crippen molar-refractivity contribution in [2.75, 3.05) is 0 Å². The fraction of sp³-hybridized carbons (Fsp3) is 0.0952. The Labute approximate surface area is 164 Å². The monoisotopic (exact) mass is 399 g/mol. The largest absolute Gasteiger partial charge is 0.435 e. The predicted molar refractivity (Wildman–Crippen MR) is 104 cm³/mol. The van der Waals surface area contributed by atoms with Crippen molar-refractivity contribution in [2.45, 2.75) is 13.2 Å². The maximum atomic E-state index is 12.5. The Kier molecular flexibility index (Phi) is 4.65. The number of ether oxygens (including phenoxy) is 1. The van der Waals surface area contributed by atoms with E-state index in [1.807, 2.05) is 16.7 Å². The molecule has 2 N–H and O–H groups in total. The maximum Gasteiger partial charge on any atom is 0.387 e. The highest BCUT2D eigenvalue weighted by Crippen LogP contribution is 2.33. The quantitative estimate of drug-likeness (QED) is 0.513. The van der Waals surface area contributed by atoms with Crippen molar-refractivity contribution in [3.05, 3.63) is 76.8 Å². The Hall–Kier alpha value is -3.12. The van der Waals surface area contributed by atoms with Gasteiger partial charge in [-0.1, -0.05) is 29.8 Å². The molecule has 1 aromatic heterocycles. The molecule has 1 amide bonds. The van der Waals surface area contributed by atoms with E-state index in [1.165, 1.54) is 6.07 Å². The van der Waals surface area contributed by atoms with E-state index in [0.717, 1.165) is 16.6 Å². The smallest absolute Gasteiger partial charge is 0.387 e. The standard InChI is InChI=1S/C21H14ClF2N2O2/c22-13-7-8-15-18(10-13)26(17-6-2-5-16(19(15)17)20(25)27)11-12-3-1-4-14(9-12)28-21(23)24/h1-7,9-10,21H,11H2,(H2,25,27). The number of carbonyl (C=O) groups is 1. The summed E-state index contributed by atoms with van der Waals surface area (Å²) < 4.78 is 31.5. The summed E-state index contributed by atoms with van der Waals surface area (Å²) in [5.41, 5.74) is 8.22. The van der Waals surface area contributed by atoms with E-state index in [2.05, 4.69) is 10.8 Å². The van der Waals surface area contributed by atoms with Gasteiger partial charge in [-0.15, -0.1) is 0 Å². The summed E-state index contributed by atoms with van der Waals surface area (Å²) in [6.07, 6.45) is 0. The van der Waals surface area contributed by atoms with E-state index >= 15 is 0 Å². The SMILES string of the molecule is NC(=O)c1cccc2c1c1[c]cc(Cl)cc1n2Cc1cccc(OC(F)F)c1. The van der Waals surface area contributed by atoms with Crippen molar-refractivity contribution in [3.63, 3.8) is 0 Å². The molecule has 0 aliphatic heterocycles. The van der Waals surface area contributed by atoms with Crippen LogP contribution in [-0.4, -0.2) is 17.1 Å².